The molecule has 5 nitrogen and oxygen atoms in total. The van der Waals surface area contributed by atoms with Gasteiger partial charge in [-0.15, -0.1) is 0 Å². The van der Waals surface area contributed by atoms with Crippen LogP contribution in [0.5, 0.6) is 11.5 Å². The van der Waals surface area contributed by atoms with Crippen molar-refractivity contribution in [1.29, 1.82) is 0 Å². The number of nitrogens with zero attached hydrogens (tertiary/aromatic N) is 1. The summed E-state index contributed by atoms with van der Waals surface area (Å²) < 4.78 is 10.8. The highest BCUT2D eigenvalue weighted by Crippen LogP contribution is 2.18. The van der Waals surface area contributed by atoms with E-state index >= 15 is 0 Å². The molecular weight excluding hydrogens is 254 g/mol. The zero-order valence-corrected chi connectivity index (χ0v) is 12.8. The molecular formula is C15H25N3O2. The highest BCUT2D eigenvalue weighted by molar-refractivity contribution is 5.79. The maximum atomic E-state index is 5.64. The molecule has 0 unspecified atom stereocenters. The van der Waals surface area contributed by atoms with Crippen LogP contribution < -0.4 is 20.1 Å². The van der Waals surface area contributed by atoms with Crippen LogP contribution in [0.4, 0.5) is 0 Å². The molecule has 0 spiro atoms. The van der Waals surface area contributed by atoms with Gasteiger partial charge in [-0.25, -0.2) is 4.99 Å². The summed E-state index contributed by atoms with van der Waals surface area (Å²) in [6.45, 7) is 8.18. The SMILES string of the molecule is CCNC(=NCCOc1cccc(OC)c1)NC(C)C. The van der Waals surface area contributed by atoms with Crippen molar-refractivity contribution in [3.8, 4) is 11.5 Å². The van der Waals surface area contributed by atoms with Crippen molar-refractivity contribution in [2.24, 2.45) is 4.99 Å². The molecule has 0 heterocycles. The molecule has 0 bridgehead atoms. The van der Waals surface area contributed by atoms with Crippen LogP contribution in [-0.2, 0) is 0 Å². The largest absolute Gasteiger partial charge is 0.497 e. The number of methoxy groups -OCH3 is 1. The Morgan fingerprint density at radius 3 is 2.70 bits per heavy atom. The second-order valence-electron chi connectivity index (χ2n) is 4.59. The van der Waals surface area contributed by atoms with Gasteiger partial charge in [-0.3, -0.25) is 0 Å². The predicted octanol–water partition coefficient (Wildman–Crippen LogP) is 2.04. The molecule has 1 rings (SSSR count). The number of aliphatic imine (C=N–C) groups is 1. The number of nitrogens with one attached hydrogen (secondary N) is 2. The Kier molecular flexibility index (Phi) is 7.32. The third-order valence-corrected chi connectivity index (χ3v) is 2.44. The van der Waals surface area contributed by atoms with E-state index in [4.69, 9.17) is 9.47 Å². The number of guanidine groups is 1. The molecule has 0 amide bonds. The normalized spacial score (nSPS) is 11.3. The highest BCUT2D eigenvalue weighted by Gasteiger charge is 1.99. The van der Waals surface area contributed by atoms with Gasteiger partial charge in [0.25, 0.3) is 0 Å². The van der Waals surface area contributed by atoms with Crippen molar-refractivity contribution in [3.63, 3.8) is 0 Å². The minimum Gasteiger partial charge on any atom is -0.497 e. The number of rotatable bonds is 7. The van der Waals surface area contributed by atoms with Crippen LogP contribution in [0.25, 0.3) is 0 Å². The van der Waals surface area contributed by atoms with Crippen LogP contribution in [0.15, 0.2) is 29.3 Å². The molecule has 0 aliphatic rings. The molecule has 1 aromatic carbocycles. The first-order valence-corrected chi connectivity index (χ1v) is 6.97. The first kappa shape index (κ1) is 16.1. The number of hydrogen-bond donors (Lipinski definition) is 2. The predicted molar refractivity (Wildman–Crippen MR) is 82.7 cm³/mol. The Hall–Kier alpha value is -1.91. The van der Waals surface area contributed by atoms with Gasteiger partial charge in [0, 0.05) is 18.7 Å². The Bertz CT molecular complexity index is 419. The summed E-state index contributed by atoms with van der Waals surface area (Å²) in [7, 11) is 1.64. The van der Waals surface area contributed by atoms with Crippen molar-refractivity contribution < 1.29 is 9.47 Å². The van der Waals surface area contributed by atoms with E-state index in [1.165, 1.54) is 0 Å². The van der Waals surface area contributed by atoms with Gasteiger partial charge in [0.1, 0.15) is 18.1 Å². The van der Waals surface area contributed by atoms with Crippen LogP contribution >= 0.6 is 0 Å². The van der Waals surface area contributed by atoms with E-state index in [0.717, 1.165) is 24.0 Å². The molecule has 0 radical (unpaired) electrons. The molecule has 112 valence electrons. The van der Waals surface area contributed by atoms with Crippen molar-refractivity contribution in [1.82, 2.24) is 10.6 Å². The van der Waals surface area contributed by atoms with E-state index in [2.05, 4.69) is 29.5 Å². The fraction of sp³-hybridized carbons (Fsp3) is 0.533. The van der Waals surface area contributed by atoms with Gasteiger partial charge in [0.2, 0.25) is 0 Å². The first-order valence-electron chi connectivity index (χ1n) is 6.97. The second kappa shape index (κ2) is 9.07. The molecule has 0 saturated heterocycles. The van der Waals surface area contributed by atoms with E-state index in [1.54, 1.807) is 7.11 Å². The lowest BCUT2D eigenvalue weighted by Crippen LogP contribution is -2.41. The summed E-state index contributed by atoms with van der Waals surface area (Å²) in [5, 5.41) is 6.46. The zero-order valence-electron chi connectivity index (χ0n) is 12.8. The fourth-order valence-corrected chi connectivity index (χ4v) is 1.61. The van der Waals surface area contributed by atoms with Crippen LogP contribution in [0.3, 0.4) is 0 Å². The lowest BCUT2D eigenvalue weighted by molar-refractivity contribution is 0.325. The molecule has 0 atom stereocenters. The minimum atomic E-state index is 0.354. The summed E-state index contributed by atoms with van der Waals surface area (Å²) >= 11 is 0. The highest BCUT2D eigenvalue weighted by atomic mass is 16.5. The van der Waals surface area contributed by atoms with E-state index in [1.807, 2.05) is 31.2 Å². The quantitative estimate of drug-likeness (QED) is 0.455. The Morgan fingerprint density at radius 2 is 2.05 bits per heavy atom. The van der Waals surface area contributed by atoms with Gasteiger partial charge in [-0.05, 0) is 32.9 Å². The van der Waals surface area contributed by atoms with E-state index in [0.29, 0.717) is 19.2 Å². The van der Waals surface area contributed by atoms with Gasteiger partial charge in [0.05, 0.1) is 13.7 Å². The Balaban J connectivity index is 2.41. The van der Waals surface area contributed by atoms with E-state index in [9.17, 15) is 0 Å². The van der Waals surface area contributed by atoms with Gasteiger partial charge < -0.3 is 20.1 Å². The van der Waals surface area contributed by atoms with E-state index < -0.39 is 0 Å². The monoisotopic (exact) mass is 279 g/mol. The number of hydrogen-bond acceptors (Lipinski definition) is 3. The average Bonchev–Trinajstić information content (AvgIpc) is 2.43. The Labute approximate surface area is 121 Å². The third kappa shape index (κ3) is 6.31. The third-order valence-electron chi connectivity index (χ3n) is 2.44. The van der Waals surface area contributed by atoms with Crippen LogP contribution in [0, 0.1) is 0 Å². The average molecular weight is 279 g/mol. The molecule has 0 saturated carbocycles. The van der Waals surface area contributed by atoms with Crippen LogP contribution in [0.2, 0.25) is 0 Å². The topological polar surface area (TPSA) is 54.9 Å². The molecule has 20 heavy (non-hydrogen) atoms. The zero-order chi connectivity index (χ0) is 14.8. The molecule has 5 heteroatoms. The van der Waals surface area contributed by atoms with Gasteiger partial charge in [-0.2, -0.15) is 0 Å². The van der Waals surface area contributed by atoms with E-state index in [-0.39, 0.29) is 0 Å². The lowest BCUT2D eigenvalue weighted by Gasteiger charge is -2.14. The molecule has 0 aromatic heterocycles. The van der Waals surface area contributed by atoms with Crippen molar-refractivity contribution in [2.45, 2.75) is 26.8 Å². The summed E-state index contributed by atoms with van der Waals surface area (Å²) in [6.07, 6.45) is 0. The smallest absolute Gasteiger partial charge is 0.191 e. The van der Waals surface area contributed by atoms with Gasteiger partial charge in [-0.1, -0.05) is 6.07 Å². The summed E-state index contributed by atoms with van der Waals surface area (Å²) in [4.78, 5) is 4.45. The lowest BCUT2D eigenvalue weighted by atomic mass is 10.3. The van der Waals surface area contributed by atoms with Crippen molar-refractivity contribution in [3.05, 3.63) is 24.3 Å². The maximum Gasteiger partial charge on any atom is 0.191 e. The van der Waals surface area contributed by atoms with Gasteiger partial charge >= 0.3 is 0 Å². The van der Waals surface area contributed by atoms with Crippen molar-refractivity contribution in [2.75, 3.05) is 26.8 Å². The molecule has 0 aliphatic heterocycles. The standard InChI is InChI=1S/C15H25N3O2/c1-5-16-15(18-12(2)3)17-9-10-20-14-8-6-7-13(11-14)19-4/h6-8,11-12H,5,9-10H2,1-4H3,(H2,16,17,18). The molecule has 0 fully saturated rings. The molecule has 2 N–H and O–H groups in total. The minimum absolute atomic E-state index is 0.354. The second-order valence-corrected chi connectivity index (χ2v) is 4.59. The van der Waals surface area contributed by atoms with Crippen LogP contribution in [-0.4, -0.2) is 38.8 Å². The maximum absolute atomic E-state index is 5.64. The molecule has 0 aliphatic carbocycles. The first-order chi connectivity index (χ1) is 9.65. The fourth-order valence-electron chi connectivity index (χ4n) is 1.61. The number of benzene rings is 1. The molecule has 1 aromatic rings. The Morgan fingerprint density at radius 1 is 1.30 bits per heavy atom. The van der Waals surface area contributed by atoms with Gasteiger partial charge in [0.15, 0.2) is 5.96 Å². The summed E-state index contributed by atoms with van der Waals surface area (Å²) in [5.41, 5.74) is 0. The van der Waals surface area contributed by atoms with Crippen LogP contribution in [0.1, 0.15) is 20.8 Å². The summed E-state index contributed by atoms with van der Waals surface area (Å²) in [6, 6.07) is 7.92. The van der Waals surface area contributed by atoms with Crippen molar-refractivity contribution >= 4 is 5.96 Å². The number of ether oxygens (including phenoxy) is 2. The summed E-state index contributed by atoms with van der Waals surface area (Å²) in [5.74, 6) is 2.40.